The van der Waals surface area contributed by atoms with Gasteiger partial charge in [0.15, 0.2) is 0 Å². The van der Waals surface area contributed by atoms with Gasteiger partial charge in [-0.2, -0.15) is 0 Å². The zero-order valence-corrected chi connectivity index (χ0v) is 17.2. The lowest BCUT2D eigenvalue weighted by molar-refractivity contribution is 0.0774. The fourth-order valence-electron chi connectivity index (χ4n) is 3.21. The van der Waals surface area contributed by atoms with Crippen LogP contribution in [0.4, 0.5) is 0 Å². The molecule has 0 aliphatic carbocycles. The fourth-order valence-corrected chi connectivity index (χ4v) is 3.68. The molecule has 0 aliphatic rings. The van der Waals surface area contributed by atoms with Crippen molar-refractivity contribution in [3.63, 3.8) is 0 Å². The van der Waals surface area contributed by atoms with Crippen LogP contribution in [-0.4, -0.2) is 32.4 Å². The van der Waals surface area contributed by atoms with E-state index in [9.17, 15) is 4.79 Å². The first-order valence-corrected chi connectivity index (χ1v) is 9.83. The van der Waals surface area contributed by atoms with Crippen molar-refractivity contribution in [2.45, 2.75) is 13.1 Å². The molecule has 0 saturated heterocycles. The number of rotatable bonds is 5. The monoisotopic (exact) mass is 424 g/mol. The van der Waals surface area contributed by atoms with Crippen molar-refractivity contribution in [2.24, 2.45) is 0 Å². The summed E-state index contributed by atoms with van der Waals surface area (Å²) in [5, 5.41) is 1.19. The SMILES string of the molecule is CN(Cc1nc2ccccc2n1Cc1ccc(Cl)cc1Cl)C(=O)c1ccccn1. The molecule has 146 valence electrons. The Hall–Kier alpha value is -2.89. The highest BCUT2D eigenvalue weighted by Crippen LogP contribution is 2.25. The van der Waals surface area contributed by atoms with Crippen molar-refractivity contribution in [3.8, 4) is 0 Å². The molecule has 4 aromatic rings. The topological polar surface area (TPSA) is 51.0 Å². The van der Waals surface area contributed by atoms with E-state index < -0.39 is 0 Å². The summed E-state index contributed by atoms with van der Waals surface area (Å²) in [5.74, 6) is 0.609. The molecule has 0 atom stereocenters. The van der Waals surface area contributed by atoms with Crippen molar-refractivity contribution in [1.82, 2.24) is 19.4 Å². The summed E-state index contributed by atoms with van der Waals surface area (Å²) in [6, 6.07) is 18.6. The van der Waals surface area contributed by atoms with E-state index in [-0.39, 0.29) is 5.91 Å². The minimum absolute atomic E-state index is 0.159. The number of carbonyl (C=O) groups excluding carboxylic acids is 1. The van der Waals surface area contributed by atoms with Gasteiger partial charge in [-0.05, 0) is 42.0 Å². The molecule has 0 unspecified atom stereocenters. The number of carbonyl (C=O) groups is 1. The van der Waals surface area contributed by atoms with Gasteiger partial charge >= 0.3 is 0 Å². The highest BCUT2D eigenvalue weighted by molar-refractivity contribution is 6.35. The van der Waals surface area contributed by atoms with Gasteiger partial charge < -0.3 is 9.47 Å². The molecule has 0 radical (unpaired) electrons. The van der Waals surface area contributed by atoms with Crippen LogP contribution in [0.2, 0.25) is 10.0 Å². The Morgan fingerprint density at radius 2 is 1.86 bits per heavy atom. The molecule has 0 fully saturated rings. The minimum atomic E-state index is -0.159. The van der Waals surface area contributed by atoms with Crippen LogP contribution < -0.4 is 0 Å². The van der Waals surface area contributed by atoms with Gasteiger partial charge in [-0.1, -0.05) is 47.5 Å². The molecule has 2 aromatic carbocycles. The zero-order chi connectivity index (χ0) is 20.4. The highest BCUT2D eigenvalue weighted by atomic mass is 35.5. The third-order valence-electron chi connectivity index (χ3n) is 4.69. The molecule has 0 bridgehead atoms. The summed E-state index contributed by atoms with van der Waals surface area (Å²) in [6.45, 7) is 0.868. The van der Waals surface area contributed by atoms with Gasteiger partial charge in [-0.3, -0.25) is 9.78 Å². The number of pyridine rings is 1. The molecule has 0 N–H and O–H groups in total. The second-order valence-corrected chi connectivity index (χ2v) is 7.56. The summed E-state index contributed by atoms with van der Waals surface area (Å²) < 4.78 is 2.08. The van der Waals surface area contributed by atoms with E-state index in [1.807, 2.05) is 36.4 Å². The quantitative estimate of drug-likeness (QED) is 0.449. The van der Waals surface area contributed by atoms with E-state index >= 15 is 0 Å². The molecule has 2 aromatic heterocycles. The molecule has 0 saturated carbocycles. The zero-order valence-electron chi connectivity index (χ0n) is 15.7. The Morgan fingerprint density at radius 1 is 1.07 bits per heavy atom. The molecule has 2 heterocycles. The third-order valence-corrected chi connectivity index (χ3v) is 5.27. The maximum absolute atomic E-state index is 12.7. The summed E-state index contributed by atoms with van der Waals surface area (Å²) in [5.41, 5.74) is 3.18. The number of fused-ring (bicyclic) bond motifs is 1. The number of imidazole rings is 1. The van der Waals surface area contributed by atoms with Crippen molar-refractivity contribution in [1.29, 1.82) is 0 Å². The van der Waals surface area contributed by atoms with E-state index in [2.05, 4.69) is 9.55 Å². The minimum Gasteiger partial charge on any atom is -0.333 e. The molecule has 7 heteroatoms. The lowest BCUT2D eigenvalue weighted by Gasteiger charge is -2.18. The molecule has 0 aliphatic heterocycles. The Morgan fingerprint density at radius 3 is 2.62 bits per heavy atom. The normalized spacial score (nSPS) is 11.0. The Balaban J connectivity index is 1.69. The smallest absolute Gasteiger partial charge is 0.272 e. The van der Waals surface area contributed by atoms with E-state index in [1.54, 1.807) is 42.4 Å². The van der Waals surface area contributed by atoms with E-state index in [0.29, 0.717) is 28.8 Å². The molecule has 0 spiro atoms. The van der Waals surface area contributed by atoms with Crippen LogP contribution in [0.3, 0.4) is 0 Å². The van der Waals surface area contributed by atoms with Crippen molar-refractivity contribution >= 4 is 40.1 Å². The van der Waals surface area contributed by atoms with Crippen LogP contribution in [0.15, 0.2) is 66.9 Å². The predicted octanol–water partition coefficient (Wildman–Crippen LogP) is 5.06. The molecule has 29 heavy (non-hydrogen) atoms. The number of nitrogens with zero attached hydrogens (tertiary/aromatic N) is 4. The van der Waals surface area contributed by atoms with Crippen LogP contribution in [0.5, 0.6) is 0 Å². The van der Waals surface area contributed by atoms with Crippen LogP contribution in [0, 0.1) is 0 Å². The van der Waals surface area contributed by atoms with Crippen LogP contribution >= 0.6 is 23.2 Å². The molecule has 1 amide bonds. The van der Waals surface area contributed by atoms with Crippen molar-refractivity contribution < 1.29 is 4.79 Å². The Bertz CT molecular complexity index is 1170. The van der Waals surface area contributed by atoms with Crippen LogP contribution in [-0.2, 0) is 13.1 Å². The number of benzene rings is 2. The lowest BCUT2D eigenvalue weighted by Crippen LogP contribution is -2.28. The van der Waals surface area contributed by atoms with Gasteiger partial charge in [-0.25, -0.2) is 4.98 Å². The van der Waals surface area contributed by atoms with E-state index in [0.717, 1.165) is 22.4 Å². The van der Waals surface area contributed by atoms with Gasteiger partial charge in [0.05, 0.1) is 24.1 Å². The van der Waals surface area contributed by atoms with Crippen molar-refractivity contribution in [3.05, 3.63) is 94.0 Å². The number of aromatic nitrogens is 3. The summed E-state index contributed by atoms with van der Waals surface area (Å²) in [6.07, 6.45) is 1.61. The fraction of sp³-hybridized carbons (Fsp3) is 0.136. The largest absolute Gasteiger partial charge is 0.333 e. The van der Waals surface area contributed by atoms with Crippen LogP contribution in [0.25, 0.3) is 11.0 Å². The Kier molecular flexibility index (Phi) is 5.51. The van der Waals surface area contributed by atoms with Gasteiger partial charge in [0.1, 0.15) is 11.5 Å². The lowest BCUT2D eigenvalue weighted by atomic mass is 10.2. The second-order valence-electron chi connectivity index (χ2n) is 6.71. The molecular formula is C22H18Cl2N4O. The Labute approximate surface area is 178 Å². The maximum Gasteiger partial charge on any atom is 0.272 e. The average molecular weight is 425 g/mol. The number of hydrogen-bond acceptors (Lipinski definition) is 3. The second kappa shape index (κ2) is 8.23. The first-order valence-electron chi connectivity index (χ1n) is 9.07. The number of hydrogen-bond donors (Lipinski definition) is 0. The first kappa shape index (κ1) is 19.4. The third kappa shape index (κ3) is 4.11. The number of amides is 1. The van der Waals surface area contributed by atoms with Gasteiger partial charge in [0, 0.05) is 23.3 Å². The highest BCUT2D eigenvalue weighted by Gasteiger charge is 2.18. The van der Waals surface area contributed by atoms with Gasteiger partial charge in [0.25, 0.3) is 5.91 Å². The predicted molar refractivity (Wildman–Crippen MR) is 115 cm³/mol. The number of halogens is 2. The average Bonchev–Trinajstić information content (AvgIpc) is 3.07. The molecular weight excluding hydrogens is 407 g/mol. The first-order chi connectivity index (χ1) is 14.0. The van der Waals surface area contributed by atoms with Gasteiger partial charge in [0.2, 0.25) is 0 Å². The van der Waals surface area contributed by atoms with Crippen molar-refractivity contribution in [2.75, 3.05) is 7.05 Å². The van der Waals surface area contributed by atoms with Crippen LogP contribution in [0.1, 0.15) is 21.9 Å². The van der Waals surface area contributed by atoms with E-state index in [1.165, 1.54) is 0 Å². The summed E-state index contributed by atoms with van der Waals surface area (Å²) >= 11 is 12.4. The summed E-state index contributed by atoms with van der Waals surface area (Å²) in [4.78, 5) is 23.2. The van der Waals surface area contributed by atoms with E-state index in [4.69, 9.17) is 28.2 Å². The van der Waals surface area contributed by atoms with Gasteiger partial charge in [-0.15, -0.1) is 0 Å². The maximum atomic E-state index is 12.7. The standard InChI is InChI=1S/C22H18Cl2N4O/c1-27(22(29)19-7-4-5-11-25-19)14-21-26-18-6-2-3-8-20(18)28(21)13-15-9-10-16(23)12-17(15)24/h2-12H,13-14H2,1H3. The molecule has 4 rings (SSSR count). The summed E-state index contributed by atoms with van der Waals surface area (Å²) in [7, 11) is 1.75. The molecule has 5 nitrogen and oxygen atoms in total. The number of para-hydroxylation sites is 2.